The summed E-state index contributed by atoms with van der Waals surface area (Å²) in [7, 11) is 0.201. The van der Waals surface area contributed by atoms with E-state index in [2.05, 4.69) is 4.72 Å². The van der Waals surface area contributed by atoms with Crippen molar-refractivity contribution in [1.82, 2.24) is 14.5 Å². The van der Waals surface area contributed by atoms with Gasteiger partial charge in [-0.15, -0.1) is 0 Å². The number of ether oxygens (including phenoxy) is 1. The van der Waals surface area contributed by atoms with E-state index in [1.165, 1.54) is 0 Å². The molecular weight excluding hydrogens is 342 g/mol. The molecule has 0 bridgehead atoms. The molecule has 0 spiro atoms. The van der Waals surface area contributed by atoms with Gasteiger partial charge in [-0.1, -0.05) is 6.07 Å². The third-order valence-electron chi connectivity index (χ3n) is 4.56. The Morgan fingerprint density at radius 3 is 2.84 bits per heavy atom. The molecule has 2 heterocycles. The van der Waals surface area contributed by atoms with Gasteiger partial charge >= 0.3 is 0 Å². The number of carbonyl (C=O) groups excluding carboxylic acids is 1. The minimum Gasteiger partial charge on any atom is -0.380 e. The smallest absolute Gasteiger partial charge is 0.240 e. The van der Waals surface area contributed by atoms with E-state index in [0.717, 1.165) is 11.1 Å². The largest absolute Gasteiger partial charge is 0.380 e. The van der Waals surface area contributed by atoms with Crippen molar-refractivity contribution in [3.8, 4) is 0 Å². The van der Waals surface area contributed by atoms with Gasteiger partial charge in [0.15, 0.2) is 0 Å². The SMILES string of the molecule is CN(C)CC(=O)N1CCc2cc(S(=O)(=O)N[C@H]3CCOC3)ccc2C1. The highest BCUT2D eigenvalue weighted by molar-refractivity contribution is 7.89. The first-order chi connectivity index (χ1) is 11.8. The molecule has 1 saturated heterocycles. The monoisotopic (exact) mass is 367 g/mol. The number of hydrogen-bond acceptors (Lipinski definition) is 5. The lowest BCUT2D eigenvalue weighted by Crippen LogP contribution is -2.41. The first-order valence-corrected chi connectivity index (χ1v) is 9.98. The highest BCUT2D eigenvalue weighted by atomic mass is 32.2. The van der Waals surface area contributed by atoms with Crippen LogP contribution in [0.3, 0.4) is 0 Å². The molecule has 25 heavy (non-hydrogen) atoms. The molecule has 3 rings (SSSR count). The molecule has 1 aromatic carbocycles. The molecule has 138 valence electrons. The topological polar surface area (TPSA) is 79.0 Å². The minimum atomic E-state index is -3.54. The highest BCUT2D eigenvalue weighted by Crippen LogP contribution is 2.23. The lowest BCUT2D eigenvalue weighted by molar-refractivity contribution is -0.132. The molecule has 0 aromatic heterocycles. The van der Waals surface area contributed by atoms with Gasteiger partial charge in [-0.2, -0.15) is 0 Å². The fourth-order valence-corrected chi connectivity index (χ4v) is 4.50. The molecule has 0 unspecified atom stereocenters. The van der Waals surface area contributed by atoms with Gasteiger partial charge < -0.3 is 14.5 Å². The summed E-state index contributed by atoms with van der Waals surface area (Å²) in [5, 5.41) is 0. The summed E-state index contributed by atoms with van der Waals surface area (Å²) in [6.07, 6.45) is 1.37. The number of nitrogens with zero attached hydrogens (tertiary/aromatic N) is 2. The Kier molecular flexibility index (Phi) is 5.43. The molecule has 1 fully saturated rings. The minimum absolute atomic E-state index is 0.0928. The first kappa shape index (κ1) is 18.3. The highest BCUT2D eigenvalue weighted by Gasteiger charge is 2.26. The zero-order valence-corrected chi connectivity index (χ0v) is 15.5. The summed E-state index contributed by atoms with van der Waals surface area (Å²) in [6.45, 7) is 2.55. The van der Waals surface area contributed by atoms with E-state index < -0.39 is 10.0 Å². The maximum atomic E-state index is 12.5. The number of sulfonamides is 1. The number of nitrogens with one attached hydrogen (secondary N) is 1. The zero-order valence-electron chi connectivity index (χ0n) is 14.7. The molecule has 2 aliphatic rings. The lowest BCUT2D eigenvalue weighted by Gasteiger charge is -2.30. The van der Waals surface area contributed by atoms with Crippen molar-refractivity contribution >= 4 is 15.9 Å². The molecule has 1 N–H and O–H groups in total. The van der Waals surface area contributed by atoms with Crippen molar-refractivity contribution in [3.05, 3.63) is 29.3 Å². The third kappa shape index (κ3) is 4.38. The van der Waals surface area contributed by atoms with Gasteiger partial charge in [0, 0.05) is 25.7 Å². The van der Waals surface area contributed by atoms with Gasteiger partial charge in [0.05, 0.1) is 18.0 Å². The Bertz CT molecular complexity index is 742. The van der Waals surface area contributed by atoms with Crippen LogP contribution in [0.5, 0.6) is 0 Å². The van der Waals surface area contributed by atoms with Crippen LogP contribution < -0.4 is 4.72 Å². The quantitative estimate of drug-likeness (QED) is 0.804. The normalized spacial score (nSPS) is 20.8. The van der Waals surface area contributed by atoms with Crippen molar-refractivity contribution in [3.63, 3.8) is 0 Å². The fraction of sp³-hybridized carbons (Fsp3) is 0.588. The Hall–Kier alpha value is -1.48. The fourth-order valence-electron chi connectivity index (χ4n) is 3.19. The predicted octanol–water partition coefficient (Wildman–Crippen LogP) is 0.200. The number of fused-ring (bicyclic) bond motifs is 1. The summed E-state index contributed by atoms with van der Waals surface area (Å²) in [6, 6.07) is 5.03. The van der Waals surface area contributed by atoms with E-state index in [-0.39, 0.29) is 16.8 Å². The van der Waals surface area contributed by atoms with Crippen LogP contribution in [-0.2, 0) is 32.5 Å². The van der Waals surface area contributed by atoms with Crippen molar-refractivity contribution in [2.24, 2.45) is 0 Å². The van der Waals surface area contributed by atoms with E-state index >= 15 is 0 Å². The maximum Gasteiger partial charge on any atom is 0.240 e. The van der Waals surface area contributed by atoms with E-state index in [9.17, 15) is 13.2 Å². The van der Waals surface area contributed by atoms with Gasteiger partial charge in [-0.25, -0.2) is 13.1 Å². The molecule has 8 heteroatoms. The summed E-state index contributed by atoms with van der Waals surface area (Å²) in [5.74, 6) is 0.0928. The average molecular weight is 367 g/mol. The van der Waals surface area contributed by atoms with Crippen molar-refractivity contribution in [2.45, 2.75) is 30.3 Å². The van der Waals surface area contributed by atoms with Crippen LogP contribution in [0.4, 0.5) is 0 Å². The molecule has 0 aliphatic carbocycles. The van der Waals surface area contributed by atoms with Crippen LogP contribution in [-0.4, -0.2) is 70.6 Å². The van der Waals surface area contributed by atoms with Crippen LogP contribution in [0.25, 0.3) is 0 Å². The van der Waals surface area contributed by atoms with Gasteiger partial charge in [-0.05, 0) is 50.2 Å². The number of rotatable bonds is 5. The molecule has 0 radical (unpaired) electrons. The Labute approximate surface area is 149 Å². The molecule has 1 amide bonds. The van der Waals surface area contributed by atoms with E-state index in [1.54, 1.807) is 12.1 Å². The molecule has 1 atom stereocenters. The first-order valence-electron chi connectivity index (χ1n) is 8.49. The Morgan fingerprint density at radius 2 is 2.16 bits per heavy atom. The number of carbonyl (C=O) groups is 1. The molecular formula is C17H25N3O4S. The number of amides is 1. The van der Waals surface area contributed by atoms with Crippen LogP contribution >= 0.6 is 0 Å². The van der Waals surface area contributed by atoms with E-state index in [1.807, 2.05) is 30.0 Å². The Balaban J connectivity index is 1.72. The second kappa shape index (κ2) is 7.41. The lowest BCUT2D eigenvalue weighted by atomic mass is 10.00. The Morgan fingerprint density at radius 1 is 1.36 bits per heavy atom. The average Bonchev–Trinajstić information content (AvgIpc) is 3.05. The zero-order chi connectivity index (χ0) is 18.0. The van der Waals surface area contributed by atoms with Crippen LogP contribution in [0, 0.1) is 0 Å². The molecule has 2 aliphatic heterocycles. The molecule has 0 saturated carbocycles. The number of hydrogen-bond donors (Lipinski definition) is 1. The second-order valence-corrected chi connectivity index (χ2v) is 8.63. The molecule has 1 aromatic rings. The van der Waals surface area contributed by atoms with Gasteiger partial charge in [0.1, 0.15) is 0 Å². The van der Waals surface area contributed by atoms with Crippen LogP contribution in [0.2, 0.25) is 0 Å². The maximum absolute atomic E-state index is 12.5. The van der Waals surface area contributed by atoms with Crippen molar-refractivity contribution in [1.29, 1.82) is 0 Å². The summed E-state index contributed by atoms with van der Waals surface area (Å²) < 4.78 is 33.0. The van der Waals surface area contributed by atoms with Crippen molar-refractivity contribution in [2.75, 3.05) is 40.4 Å². The number of likely N-dealkylation sites (N-methyl/N-ethyl adjacent to an activating group) is 1. The van der Waals surface area contributed by atoms with Crippen molar-refractivity contribution < 1.29 is 17.9 Å². The second-order valence-electron chi connectivity index (χ2n) is 6.92. The summed E-state index contributed by atoms with van der Waals surface area (Å²) in [5.41, 5.74) is 2.01. The predicted molar refractivity (Wildman–Crippen MR) is 93.7 cm³/mol. The van der Waals surface area contributed by atoms with E-state index in [0.29, 0.717) is 45.7 Å². The summed E-state index contributed by atoms with van der Waals surface area (Å²) >= 11 is 0. The van der Waals surface area contributed by atoms with Gasteiger partial charge in [-0.3, -0.25) is 4.79 Å². The van der Waals surface area contributed by atoms with Gasteiger partial charge in [0.25, 0.3) is 0 Å². The molecule has 7 nitrogen and oxygen atoms in total. The number of benzene rings is 1. The van der Waals surface area contributed by atoms with Crippen LogP contribution in [0.15, 0.2) is 23.1 Å². The third-order valence-corrected chi connectivity index (χ3v) is 6.07. The van der Waals surface area contributed by atoms with E-state index in [4.69, 9.17) is 4.74 Å². The standard InChI is InChI=1S/C17H25N3O4S/c1-19(2)11-17(21)20-7-5-13-9-16(4-3-14(13)10-20)25(22,23)18-15-6-8-24-12-15/h3-4,9,15,18H,5-8,10-12H2,1-2H3/t15-/m0/s1. The van der Waals surface area contributed by atoms with Gasteiger partial charge in [0.2, 0.25) is 15.9 Å². The summed E-state index contributed by atoms with van der Waals surface area (Å²) in [4.78, 5) is 16.2. The van der Waals surface area contributed by atoms with Crippen LogP contribution in [0.1, 0.15) is 17.5 Å².